The molecule has 0 aliphatic carbocycles. The van der Waals surface area contributed by atoms with Crippen LogP contribution in [0.25, 0.3) is 5.57 Å². The Morgan fingerprint density at radius 1 is 1.50 bits per heavy atom. The summed E-state index contributed by atoms with van der Waals surface area (Å²) in [6.45, 7) is 5.71. The van der Waals surface area contributed by atoms with E-state index in [2.05, 4.69) is 6.58 Å². The van der Waals surface area contributed by atoms with Crippen LogP contribution in [-0.2, 0) is 0 Å². The van der Waals surface area contributed by atoms with Crippen molar-refractivity contribution in [2.45, 2.75) is 6.92 Å². The van der Waals surface area contributed by atoms with Crippen LogP contribution in [0.5, 0.6) is 0 Å². The summed E-state index contributed by atoms with van der Waals surface area (Å²) in [4.78, 5) is 0. The third-order valence-corrected chi connectivity index (χ3v) is 1.92. The molecule has 62 valence electrons. The Labute approximate surface area is 78.2 Å². The Bertz CT molecular complexity index is 311. The van der Waals surface area contributed by atoms with E-state index in [0.29, 0.717) is 0 Å². The number of rotatable bonds is 2. The Morgan fingerprint density at radius 2 is 2.25 bits per heavy atom. The molecular formula is C11H11Cl. The zero-order valence-corrected chi connectivity index (χ0v) is 7.81. The van der Waals surface area contributed by atoms with Crippen molar-refractivity contribution in [3.05, 3.63) is 53.6 Å². The van der Waals surface area contributed by atoms with Crippen LogP contribution in [0.2, 0.25) is 5.02 Å². The van der Waals surface area contributed by atoms with Gasteiger partial charge in [0, 0.05) is 5.02 Å². The highest BCUT2D eigenvalue weighted by Gasteiger charge is 1.95. The van der Waals surface area contributed by atoms with Crippen LogP contribution in [0.4, 0.5) is 0 Å². The predicted octanol–water partition coefficient (Wildman–Crippen LogP) is 3.93. The molecule has 0 aromatic heterocycles. The minimum Gasteiger partial charge on any atom is -0.0985 e. The summed E-state index contributed by atoms with van der Waals surface area (Å²) >= 11 is 5.84. The van der Waals surface area contributed by atoms with E-state index in [9.17, 15) is 0 Å². The fourth-order valence-corrected chi connectivity index (χ4v) is 1.26. The van der Waals surface area contributed by atoms with Gasteiger partial charge in [0.25, 0.3) is 0 Å². The van der Waals surface area contributed by atoms with Crippen molar-refractivity contribution < 1.29 is 0 Å². The molecule has 0 aliphatic heterocycles. The molecular weight excluding hydrogens is 168 g/mol. The Hall–Kier alpha value is -1.01. The minimum atomic E-state index is 0.758. The van der Waals surface area contributed by atoms with Gasteiger partial charge in [-0.2, -0.15) is 0 Å². The van der Waals surface area contributed by atoms with Crippen molar-refractivity contribution in [3.8, 4) is 0 Å². The van der Waals surface area contributed by atoms with Gasteiger partial charge in [0.05, 0.1) is 0 Å². The fourth-order valence-electron chi connectivity index (χ4n) is 1.07. The van der Waals surface area contributed by atoms with Gasteiger partial charge < -0.3 is 0 Å². The highest BCUT2D eigenvalue weighted by atomic mass is 35.5. The molecule has 1 aromatic rings. The van der Waals surface area contributed by atoms with E-state index in [4.69, 9.17) is 11.6 Å². The first-order valence-electron chi connectivity index (χ1n) is 3.82. The van der Waals surface area contributed by atoms with Gasteiger partial charge in [-0.1, -0.05) is 42.5 Å². The lowest BCUT2D eigenvalue weighted by Crippen LogP contribution is -1.78. The highest BCUT2D eigenvalue weighted by molar-refractivity contribution is 6.30. The predicted molar refractivity (Wildman–Crippen MR) is 55.3 cm³/mol. The van der Waals surface area contributed by atoms with E-state index in [1.165, 1.54) is 0 Å². The van der Waals surface area contributed by atoms with Gasteiger partial charge in [0.1, 0.15) is 0 Å². The highest BCUT2D eigenvalue weighted by Crippen LogP contribution is 2.18. The molecule has 0 nitrogen and oxygen atoms in total. The Balaban J connectivity index is 3.10. The third-order valence-electron chi connectivity index (χ3n) is 1.69. The lowest BCUT2D eigenvalue weighted by molar-refractivity contribution is 1.60. The number of hydrogen-bond acceptors (Lipinski definition) is 0. The van der Waals surface area contributed by atoms with Crippen LogP contribution in [0.3, 0.4) is 0 Å². The molecule has 0 aliphatic rings. The molecule has 0 atom stereocenters. The standard InChI is InChI=1S/C11H11Cl/c1-3-9(4-2)10-6-5-7-11(12)8-10/h3-8H,1H2,2H3/b9-4+. The second kappa shape index (κ2) is 4.13. The summed E-state index contributed by atoms with van der Waals surface area (Å²) in [6, 6.07) is 7.74. The average molecular weight is 179 g/mol. The molecule has 0 heterocycles. The van der Waals surface area contributed by atoms with Crippen molar-refractivity contribution in [2.24, 2.45) is 0 Å². The Kier molecular flexibility index (Phi) is 3.12. The fraction of sp³-hybridized carbons (Fsp3) is 0.0909. The molecule has 1 aromatic carbocycles. The van der Waals surface area contributed by atoms with Crippen LogP contribution in [0, 0.1) is 0 Å². The van der Waals surface area contributed by atoms with Crippen LogP contribution in [0.1, 0.15) is 12.5 Å². The van der Waals surface area contributed by atoms with Crippen LogP contribution in [0.15, 0.2) is 43.0 Å². The van der Waals surface area contributed by atoms with Gasteiger partial charge in [0.2, 0.25) is 0 Å². The van der Waals surface area contributed by atoms with E-state index in [0.717, 1.165) is 16.2 Å². The minimum absolute atomic E-state index is 0.758. The summed E-state index contributed by atoms with van der Waals surface area (Å²) in [5.41, 5.74) is 2.22. The van der Waals surface area contributed by atoms with Crippen molar-refractivity contribution in [2.75, 3.05) is 0 Å². The Morgan fingerprint density at radius 3 is 2.75 bits per heavy atom. The molecule has 0 amide bonds. The first kappa shape index (κ1) is 9.08. The molecule has 0 saturated carbocycles. The largest absolute Gasteiger partial charge is 0.0985 e. The van der Waals surface area contributed by atoms with Gasteiger partial charge in [-0.15, -0.1) is 0 Å². The lowest BCUT2D eigenvalue weighted by Gasteiger charge is -2.00. The summed E-state index contributed by atoms with van der Waals surface area (Å²) in [5, 5.41) is 0.758. The smallest absolute Gasteiger partial charge is 0.0412 e. The summed E-state index contributed by atoms with van der Waals surface area (Å²) < 4.78 is 0. The normalized spacial score (nSPS) is 11.3. The second-order valence-electron chi connectivity index (χ2n) is 2.46. The zero-order chi connectivity index (χ0) is 8.97. The van der Waals surface area contributed by atoms with Gasteiger partial charge in [-0.3, -0.25) is 0 Å². The third kappa shape index (κ3) is 1.99. The van der Waals surface area contributed by atoms with E-state index in [1.54, 1.807) is 0 Å². The summed E-state index contributed by atoms with van der Waals surface area (Å²) in [6.07, 6.45) is 3.84. The van der Waals surface area contributed by atoms with E-state index in [-0.39, 0.29) is 0 Å². The first-order valence-corrected chi connectivity index (χ1v) is 4.20. The van der Waals surface area contributed by atoms with Crippen LogP contribution in [-0.4, -0.2) is 0 Å². The van der Waals surface area contributed by atoms with E-state index < -0.39 is 0 Å². The molecule has 0 radical (unpaired) electrons. The summed E-state index contributed by atoms with van der Waals surface area (Å²) in [7, 11) is 0. The number of allylic oxidation sites excluding steroid dienone is 3. The lowest BCUT2D eigenvalue weighted by atomic mass is 10.1. The maximum absolute atomic E-state index is 5.84. The molecule has 12 heavy (non-hydrogen) atoms. The molecule has 1 heteroatoms. The van der Waals surface area contributed by atoms with E-state index >= 15 is 0 Å². The van der Waals surface area contributed by atoms with Gasteiger partial charge >= 0.3 is 0 Å². The quantitative estimate of drug-likeness (QED) is 0.602. The van der Waals surface area contributed by atoms with Crippen LogP contribution < -0.4 is 0 Å². The van der Waals surface area contributed by atoms with E-state index in [1.807, 2.05) is 43.3 Å². The molecule has 0 spiro atoms. The number of halogens is 1. The summed E-state index contributed by atoms with van der Waals surface area (Å²) in [5.74, 6) is 0. The SMILES string of the molecule is C=C/C(=C\C)c1cccc(Cl)c1. The second-order valence-corrected chi connectivity index (χ2v) is 2.89. The van der Waals surface area contributed by atoms with Crippen molar-refractivity contribution in [1.29, 1.82) is 0 Å². The molecule has 0 unspecified atom stereocenters. The van der Waals surface area contributed by atoms with Gasteiger partial charge in [-0.05, 0) is 30.2 Å². The topological polar surface area (TPSA) is 0 Å². The van der Waals surface area contributed by atoms with Gasteiger partial charge in [0.15, 0.2) is 0 Å². The maximum Gasteiger partial charge on any atom is 0.0412 e. The molecule has 0 fully saturated rings. The number of benzene rings is 1. The average Bonchev–Trinajstić information content (AvgIpc) is 2.07. The number of hydrogen-bond donors (Lipinski definition) is 0. The van der Waals surface area contributed by atoms with Crippen molar-refractivity contribution in [3.63, 3.8) is 0 Å². The van der Waals surface area contributed by atoms with Crippen molar-refractivity contribution >= 4 is 17.2 Å². The van der Waals surface area contributed by atoms with Crippen LogP contribution >= 0.6 is 11.6 Å². The molecule has 1 rings (SSSR count). The molecule has 0 saturated heterocycles. The monoisotopic (exact) mass is 178 g/mol. The van der Waals surface area contributed by atoms with Crippen molar-refractivity contribution in [1.82, 2.24) is 0 Å². The van der Waals surface area contributed by atoms with Gasteiger partial charge in [-0.25, -0.2) is 0 Å². The molecule has 0 bridgehead atoms. The molecule has 0 N–H and O–H groups in total. The first-order chi connectivity index (χ1) is 5.77. The maximum atomic E-state index is 5.84. The zero-order valence-electron chi connectivity index (χ0n) is 7.05.